The molecule has 0 N–H and O–H groups in total. The van der Waals surface area contributed by atoms with Crippen molar-refractivity contribution < 1.29 is 42.5 Å². The van der Waals surface area contributed by atoms with Crippen LogP contribution in [0.1, 0.15) is 63.9 Å². The second kappa shape index (κ2) is 13.2. The maximum Gasteiger partial charge on any atom is 1.00 e. The molecule has 1 aromatic rings. The minimum absolute atomic E-state index is 0. The topological polar surface area (TPSA) is 57.2 Å². The van der Waals surface area contributed by atoms with Crippen molar-refractivity contribution in [1.82, 2.24) is 0 Å². The molecule has 5 heteroatoms. The van der Waals surface area contributed by atoms with Crippen LogP contribution in [0.5, 0.6) is 0 Å². The molecule has 0 heterocycles. The van der Waals surface area contributed by atoms with Gasteiger partial charge >= 0.3 is 29.6 Å². The van der Waals surface area contributed by atoms with Crippen molar-refractivity contribution in [1.29, 1.82) is 0 Å². The summed E-state index contributed by atoms with van der Waals surface area (Å²) < 4.78 is 32.5. The van der Waals surface area contributed by atoms with Crippen molar-refractivity contribution in [3.8, 4) is 0 Å². The predicted molar refractivity (Wildman–Crippen MR) is 89.9 cm³/mol. The number of hydrogen-bond donors (Lipinski definition) is 0. The maximum atomic E-state index is 10.8. The molecule has 0 aromatic heterocycles. The van der Waals surface area contributed by atoms with Crippen molar-refractivity contribution in [2.24, 2.45) is 0 Å². The summed E-state index contributed by atoms with van der Waals surface area (Å²) in [5.41, 5.74) is 1.02. The van der Waals surface area contributed by atoms with Crippen molar-refractivity contribution in [3.05, 3.63) is 42.0 Å². The second-order valence-corrected chi connectivity index (χ2v) is 7.06. The van der Waals surface area contributed by atoms with Crippen molar-refractivity contribution in [2.75, 3.05) is 0 Å². The molecule has 1 rings (SSSR count). The number of benzene rings is 1. The normalized spacial score (nSPS) is 11.6. The van der Waals surface area contributed by atoms with Crippen LogP contribution >= 0.6 is 0 Å². The zero-order chi connectivity index (χ0) is 16.3. The van der Waals surface area contributed by atoms with Gasteiger partial charge in [-0.05, 0) is 37.0 Å². The van der Waals surface area contributed by atoms with Gasteiger partial charge in [-0.2, -0.15) is 0 Å². The van der Waals surface area contributed by atoms with Gasteiger partial charge in [-0.25, -0.2) is 8.42 Å². The Bertz CT molecular complexity index is 536. The Labute approximate surface area is 163 Å². The molecule has 1 aromatic carbocycles. The molecule has 0 amide bonds. The van der Waals surface area contributed by atoms with Crippen LogP contribution in [-0.2, 0) is 16.5 Å². The Morgan fingerprint density at radius 1 is 0.913 bits per heavy atom. The van der Waals surface area contributed by atoms with Crippen LogP contribution in [0.2, 0.25) is 0 Å². The largest absolute Gasteiger partial charge is 1.00 e. The standard InChI is InChI=1S/C18H28O3S.Na/c1-2-3-4-5-6-7-8-9-10-11-12-17-13-15-18(16-14-17)22(19,20)21;/h10-11,13-16H,2-9,12H2,1H3,(H,19,20,21);/q;+1/p-1/b11-10+;. The van der Waals surface area contributed by atoms with E-state index in [1.54, 1.807) is 12.1 Å². The van der Waals surface area contributed by atoms with Gasteiger partial charge in [-0.3, -0.25) is 0 Å². The van der Waals surface area contributed by atoms with Crippen LogP contribution in [0, 0.1) is 0 Å². The van der Waals surface area contributed by atoms with Crippen LogP contribution in [0.25, 0.3) is 0 Å². The number of hydrogen-bond acceptors (Lipinski definition) is 3. The Morgan fingerprint density at radius 2 is 1.48 bits per heavy atom. The second-order valence-electron chi connectivity index (χ2n) is 5.68. The summed E-state index contributed by atoms with van der Waals surface area (Å²) in [4.78, 5) is -0.164. The molecule has 124 valence electrons. The summed E-state index contributed by atoms with van der Waals surface area (Å²) in [5.74, 6) is 0. The first-order valence-electron chi connectivity index (χ1n) is 8.24. The zero-order valence-corrected chi connectivity index (χ0v) is 17.3. The average molecular weight is 346 g/mol. The quantitative estimate of drug-likeness (QED) is 0.266. The summed E-state index contributed by atoms with van der Waals surface area (Å²) in [5, 5.41) is 0. The van der Waals surface area contributed by atoms with Gasteiger partial charge in [-0.15, -0.1) is 0 Å². The van der Waals surface area contributed by atoms with Gasteiger partial charge in [0.15, 0.2) is 0 Å². The molecule has 0 aliphatic rings. The van der Waals surface area contributed by atoms with E-state index >= 15 is 0 Å². The van der Waals surface area contributed by atoms with E-state index in [0.717, 1.165) is 18.4 Å². The van der Waals surface area contributed by atoms with Crippen LogP contribution in [-0.4, -0.2) is 13.0 Å². The van der Waals surface area contributed by atoms with E-state index in [1.807, 2.05) is 0 Å². The summed E-state index contributed by atoms with van der Waals surface area (Å²) >= 11 is 0. The van der Waals surface area contributed by atoms with Crippen LogP contribution in [0.3, 0.4) is 0 Å². The van der Waals surface area contributed by atoms with Crippen LogP contribution in [0.4, 0.5) is 0 Å². The van der Waals surface area contributed by atoms with Gasteiger partial charge in [0.1, 0.15) is 10.1 Å². The minimum Gasteiger partial charge on any atom is -0.744 e. The number of rotatable bonds is 11. The van der Waals surface area contributed by atoms with Crippen molar-refractivity contribution in [3.63, 3.8) is 0 Å². The molecule has 0 radical (unpaired) electrons. The number of allylic oxidation sites excluding steroid dienone is 2. The zero-order valence-electron chi connectivity index (χ0n) is 14.5. The molecule has 0 unspecified atom stereocenters. The van der Waals surface area contributed by atoms with Gasteiger partial charge in [0.25, 0.3) is 0 Å². The van der Waals surface area contributed by atoms with Gasteiger partial charge < -0.3 is 4.55 Å². The first-order valence-corrected chi connectivity index (χ1v) is 9.64. The molecule has 0 fully saturated rings. The molecule has 0 spiro atoms. The molecule has 0 bridgehead atoms. The van der Waals surface area contributed by atoms with E-state index in [9.17, 15) is 13.0 Å². The monoisotopic (exact) mass is 346 g/mol. The third kappa shape index (κ3) is 11.1. The molecule has 3 nitrogen and oxygen atoms in total. The van der Waals surface area contributed by atoms with E-state index in [-0.39, 0.29) is 34.5 Å². The van der Waals surface area contributed by atoms with Gasteiger partial charge in [0.05, 0.1) is 4.90 Å². The third-order valence-electron chi connectivity index (χ3n) is 3.71. The van der Waals surface area contributed by atoms with Crippen molar-refractivity contribution in [2.45, 2.75) is 69.6 Å². The molecule has 0 aliphatic carbocycles. The smallest absolute Gasteiger partial charge is 0.744 e. The van der Waals surface area contributed by atoms with E-state index < -0.39 is 10.1 Å². The Balaban J connectivity index is 0.00000484. The Kier molecular flexibility index (Phi) is 13.1. The fourth-order valence-corrected chi connectivity index (χ4v) is 2.82. The van der Waals surface area contributed by atoms with Gasteiger partial charge in [-0.1, -0.05) is 69.7 Å². The maximum absolute atomic E-state index is 10.8. The van der Waals surface area contributed by atoms with Crippen molar-refractivity contribution >= 4 is 10.1 Å². The Morgan fingerprint density at radius 3 is 2.04 bits per heavy atom. The molecule has 0 saturated heterocycles. The summed E-state index contributed by atoms with van der Waals surface area (Å²) in [6.07, 6.45) is 15.4. The van der Waals surface area contributed by atoms with Gasteiger partial charge in [0.2, 0.25) is 0 Å². The predicted octanol–water partition coefficient (Wildman–Crippen LogP) is 1.83. The van der Waals surface area contributed by atoms with Crippen LogP contribution in [0.15, 0.2) is 41.3 Å². The molecular formula is C18H27NaO3S. The Hall–Kier alpha value is -0.130. The molecular weight excluding hydrogens is 319 g/mol. The van der Waals surface area contributed by atoms with E-state index in [2.05, 4.69) is 19.1 Å². The summed E-state index contributed by atoms with van der Waals surface area (Å²) in [6.45, 7) is 2.23. The fraction of sp³-hybridized carbons (Fsp3) is 0.556. The molecule has 0 saturated carbocycles. The van der Waals surface area contributed by atoms with E-state index in [1.165, 1.54) is 57.1 Å². The van der Waals surface area contributed by atoms with Crippen LogP contribution < -0.4 is 29.6 Å². The van der Waals surface area contributed by atoms with E-state index in [4.69, 9.17) is 0 Å². The molecule has 0 aliphatic heterocycles. The van der Waals surface area contributed by atoms with E-state index in [0.29, 0.717) is 0 Å². The fourth-order valence-electron chi connectivity index (χ4n) is 2.35. The molecule has 0 atom stereocenters. The third-order valence-corrected chi connectivity index (χ3v) is 4.56. The van der Waals surface area contributed by atoms with Gasteiger partial charge in [0, 0.05) is 0 Å². The summed E-state index contributed by atoms with van der Waals surface area (Å²) in [7, 11) is -4.33. The first-order chi connectivity index (χ1) is 10.5. The first kappa shape index (κ1) is 22.9. The SMILES string of the molecule is CCCCCCCCC/C=C/Cc1ccc(S(=O)(=O)[O-])cc1.[Na+]. The summed E-state index contributed by atoms with van der Waals surface area (Å²) in [6, 6.07) is 6.15. The minimum atomic E-state index is -4.33. The molecule has 23 heavy (non-hydrogen) atoms. The number of unbranched alkanes of at least 4 members (excludes halogenated alkanes) is 7. The average Bonchev–Trinajstić information content (AvgIpc) is 2.49.